The zero-order chi connectivity index (χ0) is 44.0. The van der Waals surface area contributed by atoms with E-state index in [9.17, 15) is 34.5 Å². The summed E-state index contributed by atoms with van der Waals surface area (Å²) in [6.45, 7) is 20.3. The number of Topliss-reactive ketones (excluding diaryl/α,β-unsaturated/α-hetero) is 1. The molecule has 5 N–H and O–H groups in total. The Labute approximate surface area is 362 Å². The van der Waals surface area contributed by atoms with E-state index in [1.807, 2.05) is 13.8 Å². The van der Waals surface area contributed by atoms with Crippen molar-refractivity contribution in [2.24, 2.45) is 68.0 Å². The molecule has 6 aliphatic carbocycles. The SMILES string of the molecule is CC(C)C1=C2[C@H]3CC[C@@H]4[C@@]5(C)CC[C@H](OC(=O)[C@H]6C[C@@H](C(=O)O)C6(C)C)C(C)(C)[C@@H]5CC[C@@]4(C)[C@]3(C)CC[C@@]2([C@@H](O)CNC[C@@H](CO)NC(=O)c2ccc(Cl)cc2)CC1=O. The van der Waals surface area contributed by atoms with Gasteiger partial charge in [0.25, 0.3) is 5.91 Å². The maximum Gasteiger partial charge on any atom is 0.309 e. The van der Waals surface area contributed by atoms with Crippen molar-refractivity contribution in [2.45, 2.75) is 145 Å². The number of carboxylic acids is 1. The first-order chi connectivity index (χ1) is 28.0. The van der Waals surface area contributed by atoms with Crippen LogP contribution in [0.4, 0.5) is 0 Å². The molecule has 0 aromatic heterocycles. The number of rotatable bonds is 12. The van der Waals surface area contributed by atoms with Crippen molar-refractivity contribution in [3.05, 3.63) is 46.0 Å². The third kappa shape index (κ3) is 6.91. The van der Waals surface area contributed by atoms with Crippen LogP contribution < -0.4 is 10.6 Å². The third-order valence-corrected chi connectivity index (χ3v) is 18.8. The second-order valence-electron chi connectivity index (χ2n) is 22.2. The van der Waals surface area contributed by atoms with Crippen LogP contribution in [0, 0.1) is 68.0 Å². The maximum atomic E-state index is 14.2. The number of aliphatic carboxylic acids is 1. The van der Waals surface area contributed by atoms with Gasteiger partial charge in [0.1, 0.15) is 6.10 Å². The van der Waals surface area contributed by atoms with Gasteiger partial charge < -0.3 is 30.7 Å². The number of esters is 1. The first-order valence-electron chi connectivity index (χ1n) is 22.8. The summed E-state index contributed by atoms with van der Waals surface area (Å²) in [6.07, 6.45) is 7.07. The Bertz CT molecular complexity index is 1910. The molecule has 0 unspecified atom stereocenters. The molecule has 332 valence electrons. The number of carbonyl (C=O) groups excluding carboxylic acids is 3. The first-order valence-corrected chi connectivity index (χ1v) is 23.1. The summed E-state index contributed by atoms with van der Waals surface area (Å²) in [5.74, 6) is -1.18. The monoisotopic (exact) mass is 850 g/mol. The average Bonchev–Trinajstić information content (AvgIpc) is 3.48. The number of carboxylic acid groups (broad SMARTS) is 1. The molecule has 10 nitrogen and oxygen atoms in total. The van der Waals surface area contributed by atoms with E-state index in [-0.39, 0.29) is 77.0 Å². The summed E-state index contributed by atoms with van der Waals surface area (Å²) in [5.41, 5.74) is 0.961. The Morgan fingerprint density at radius 2 is 1.53 bits per heavy atom. The zero-order valence-corrected chi connectivity index (χ0v) is 38.2. The van der Waals surface area contributed by atoms with Crippen molar-refractivity contribution >= 4 is 35.2 Å². The van der Waals surface area contributed by atoms with Gasteiger partial charge in [-0.05, 0) is 133 Å². The molecule has 0 saturated heterocycles. The second-order valence-corrected chi connectivity index (χ2v) is 22.6. The molecule has 60 heavy (non-hydrogen) atoms. The van der Waals surface area contributed by atoms with E-state index in [4.69, 9.17) is 16.3 Å². The number of ketones is 1. The van der Waals surface area contributed by atoms with Crippen LogP contribution in [0.2, 0.25) is 5.02 Å². The topological polar surface area (TPSA) is 162 Å². The van der Waals surface area contributed by atoms with Gasteiger partial charge in [-0.2, -0.15) is 0 Å². The molecule has 1 amide bonds. The van der Waals surface area contributed by atoms with Crippen molar-refractivity contribution < 1.29 is 39.2 Å². The van der Waals surface area contributed by atoms with E-state index < -0.39 is 40.8 Å². The molecule has 0 aliphatic heterocycles. The summed E-state index contributed by atoms with van der Waals surface area (Å²) < 4.78 is 6.41. The minimum absolute atomic E-state index is 0.00467. The number of amides is 1. The number of hydrogen-bond acceptors (Lipinski definition) is 8. The van der Waals surface area contributed by atoms with E-state index in [1.165, 1.54) is 5.57 Å². The number of nitrogens with one attached hydrogen (secondary N) is 2. The number of aliphatic hydroxyl groups excluding tert-OH is 2. The van der Waals surface area contributed by atoms with Gasteiger partial charge in [0.15, 0.2) is 5.78 Å². The van der Waals surface area contributed by atoms with Crippen LogP contribution >= 0.6 is 11.6 Å². The highest BCUT2D eigenvalue weighted by atomic mass is 35.5. The lowest BCUT2D eigenvalue weighted by Crippen LogP contribution is -2.66. The van der Waals surface area contributed by atoms with Crippen LogP contribution in [0.3, 0.4) is 0 Å². The molecule has 5 saturated carbocycles. The molecule has 12 atom stereocenters. The predicted molar refractivity (Wildman–Crippen MR) is 231 cm³/mol. The number of hydrogen-bond donors (Lipinski definition) is 5. The maximum absolute atomic E-state index is 14.2. The highest BCUT2D eigenvalue weighted by Gasteiger charge is 2.71. The number of allylic oxidation sites excluding steroid dienone is 1. The van der Waals surface area contributed by atoms with Crippen molar-refractivity contribution in [1.82, 2.24) is 10.6 Å². The predicted octanol–water partition coefficient (Wildman–Crippen LogP) is 8.02. The van der Waals surface area contributed by atoms with Gasteiger partial charge in [0.05, 0.1) is 30.6 Å². The molecule has 11 heteroatoms. The summed E-state index contributed by atoms with van der Waals surface area (Å²) >= 11 is 6.00. The van der Waals surface area contributed by atoms with Crippen molar-refractivity contribution in [3.63, 3.8) is 0 Å². The molecule has 1 aromatic carbocycles. The molecule has 0 spiro atoms. The fraction of sp³-hybridized carbons (Fsp3) is 0.755. The van der Waals surface area contributed by atoms with Crippen LogP contribution in [-0.4, -0.2) is 76.9 Å². The molecular weight excluding hydrogens is 780 g/mol. The van der Waals surface area contributed by atoms with Crippen molar-refractivity contribution in [1.29, 1.82) is 0 Å². The molecule has 7 rings (SSSR count). The highest BCUT2D eigenvalue weighted by Crippen LogP contribution is 2.77. The highest BCUT2D eigenvalue weighted by molar-refractivity contribution is 6.30. The molecule has 0 radical (unpaired) electrons. The number of ether oxygens (including phenoxy) is 1. The molecular formula is C49H71ClN2O8. The lowest BCUT2D eigenvalue weighted by molar-refractivity contribution is -0.238. The third-order valence-electron chi connectivity index (χ3n) is 18.6. The van der Waals surface area contributed by atoms with E-state index in [1.54, 1.807) is 24.3 Å². The van der Waals surface area contributed by atoms with E-state index in [0.717, 1.165) is 56.9 Å². The Morgan fingerprint density at radius 1 is 0.850 bits per heavy atom. The molecule has 0 bridgehead atoms. The van der Waals surface area contributed by atoms with Crippen LogP contribution in [-0.2, 0) is 19.1 Å². The molecule has 1 aromatic rings. The summed E-state index contributed by atoms with van der Waals surface area (Å²) in [4.78, 5) is 52.5. The van der Waals surface area contributed by atoms with Crippen LogP contribution in [0.5, 0.6) is 0 Å². The van der Waals surface area contributed by atoms with Gasteiger partial charge in [0, 0.05) is 40.9 Å². The minimum Gasteiger partial charge on any atom is -0.481 e. The fourth-order valence-corrected chi connectivity index (χ4v) is 15.0. The van der Waals surface area contributed by atoms with E-state index in [2.05, 4.69) is 59.1 Å². The standard InChI is InChI=1S/C49H71ClN2O8/c1-27(2)39-34(54)23-49(37(55)25-51-24-30(26-53)52-41(56)28-10-12-29(50)13-11-28)21-20-47(8)31(40(39)49)14-15-36-46(7)18-17-38(45(5,6)35(46)16-19-48(36,47)9)60-43(59)33-22-32(42(57)58)44(33,3)4/h10-13,27,30-33,35-38,51,53,55H,14-26H2,1-9H3,(H,52,56)(H,57,58)/t30-,31+,32-,33+,35-,36+,37-,38-,46-,47+,48+,49-/m0/s1. The second kappa shape index (κ2) is 15.8. The largest absolute Gasteiger partial charge is 0.481 e. The van der Waals surface area contributed by atoms with Gasteiger partial charge in [-0.3, -0.25) is 19.2 Å². The number of benzene rings is 1. The van der Waals surface area contributed by atoms with Crippen molar-refractivity contribution in [2.75, 3.05) is 19.7 Å². The fourth-order valence-electron chi connectivity index (χ4n) is 14.9. The van der Waals surface area contributed by atoms with Crippen LogP contribution in [0.25, 0.3) is 0 Å². The average molecular weight is 852 g/mol. The van der Waals surface area contributed by atoms with Crippen LogP contribution in [0.15, 0.2) is 35.4 Å². The molecule has 0 heterocycles. The molecule has 6 aliphatic rings. The van der Waals surface area contributed by atoms with Crippen molar-refractivity contribution in [3.8, 4) is 0 Å². The Hall–Kier alpha value is -2.79. The first kappa shape index (κ1) is 45.2. The minimum atomic E-state index is -0.846. The lowest BCUT2D eigenvalue weighted by Gasteiger charge is -2.72. The van der Waals surface area contributed by atoms with E-state index >= 15 is 0 Å². The number of halogens is 1. The molecule has 5 fully saturated rings. The normalized spacial score (nSPS) is 38.7. The smallest absolute Gasteiger partial charge is 0.309 e. The lowest BCUT2D eigenvalue weighted by atomic mass is 9.33. The Kier molecular flexibility index (Phi) is 11.9. The Balaban J connectivity index is 1.08. The number of carbonyl (C=O) groups is 4. The zero-order valence-electron chi connectivity index (χ0n) is 37.5. The van der Waals surface area contributed by atoms with Gasteiger partial charge in [-0.25, -0.2) is 0 Å². The van der Waals surface area contributed by atoms with Gasteiger partial charge >= 0.3 is 11.9 Å². The number of aliphatic hydroxyl groups is 2. The summed E-state index contributed by atoms with van der Waals surface area (Å²) in [6, 6.07) is 6.01. The van der Waals surface area contributed by atoms with Gasteiger partial charge in [-0.15, -0.1) is 0 Å². The summed E-state index contributed by atoms with van der Waals surface area (Å²) in [7, 11) is 0. The quantitative estimate of drug-likeness (QED) is 0.131. The van der Waals surface area contributed by atoms with Gasteiger partial charge in [0.2, 0.25) is 0 Å². The van der Waals surface area contributed by atoms with E-state index in [0.29, 0.717) is 35.3 Å². The number of fused-ring (bicyclic) bond motifs is 7. The van der Waals surface area contributed by atoms with Gasteiger partial charge in [-0.1, -0.05) is 79.5 Å². The van der Waals surface area contributed by atoms with Crippen LogP contribution in [0.1, 0.15) is 137 Å². The summed E-state index contributed by atoms with van der Waals surface area (Å²) in [5, 5.41) is 38.9. The Morgan fingerprint density at radius 3 is 2.15 bits per heavy atom.